The summed E-state index contributed by atoms with van der Waals surface area (Å²) in [5, 5.41) is 6.96. The lowest BCUT2D eigenvalue weighted by molar-refractivity contribution is -0.119. The molecule has 0 bridgehead atoms. The van der Waals surface area contributed by atoms with Crippen molar-refractivity contribution in [3.63, 3.8) is 0 Å². The van der Waals surface area contributed by atoms with E-state index in [0.29, 0.717) is 22.9 Å². The summed E-state index contributed by atoms with van der Waals surface area (Å²) in [6, 6.07) is 11.1. The predicted molar refractivity (Wildman–Crippen MR) is 94.8 cm³/mol. The third-order valence-corrected chi connectivity index (χ3v) is 3.44. The minimum Gasteiger partial charge on any atom is -0.497 e. The average Bonchev–Trinajstić information content (AvgIpc) is 2.65. The topological polar surface area (TPSA) is 72.0 Å². The smallest absolute Gasteiger partial charge is 0.259 e. The van der Waals surface area contributed by atoms with E-state index in [-0.39, 0.29) is 18.3 Å². The lowest BCUT2D eigenvalue weighted by atomic mass is 10.1. The van der Waals surface area contributed by atoms with Crippen molar-refractivity contribution in [3.05, 3.63) is 53.8 Å². The number of hydrogen-bond donors (Lipinski definition) is 2. The molecule has 0 radical (unpaired) electrons. The summed E-state index contributed by atoms with van der Waals surface area (Å²) < 4.78 is 23.3. The van der Waals surface area contributed by atoms with E-state index >= 15 is 0 Å². The number of hydrazone groups is 1. The highest BCUT2D eigenvalue weighted by Crippen LogP contribution is 2.25. The molecule has 0 aliphatic heterocycles. The van der Waals surface area contributed by atoms with Crippen LogP contribution < -0.4 is 20.2 Å². The van der Waals surface area contributed by atoms with Crippen molar-refractivity contribution in [1.82, 2.24) is 5.43 Å². The van der Waals surface area contributed by atoms with E-state index in [9.17, 15) is 9.18 Å². The Kier molecular flexibility index (Phi) is 6.33. The van der Waals surface area contributed by atoms with Gasteiger partial charge in [-0.2, -0.15) is 5.10 Å². The summed E-state index contributed by atoms with van der Waals surface area (Å²) in [6.45, 7) is 1.78. The Morgan fingerprint density at radius 3 is 2.48 bits per heavy atom. The number of ether oxygens (including phenoxy) is 2. The third kappa shape index (κ3) is 5.20. The molecule has 25 heavy (non-hydrogen) atoms. The second kappa shape index (κ2) is 8.68. The number of halogens is 1. The van der Waals surface area contributed by atoms with Crippen LogP contribution in [0, 0.1) is 5.82 Å². The summed E-state index contributed by atoms with van der Waals surface area (Å²) in [6.07, 6.45) is 0. The summed E-state index contributed by atoms with van der Waals surface area (Å²) in [4.78, 5) is 11.9. The van der Waals surface area contributed by atoms with Crippen LogP contribution >= 0.6 is 0 Å². The molecule has 7 heteroatoms. The van der Waals surface area contributed by atoms with Crippen LogP contribution in [0.25, 0.3) is 0 Å². The third-order valence-electron chi connectivity index (χ3n) is 3.44. The first-order chi connectivity index (χ1) is 12.0. The molecule has 0 fully saturated rings. The highest BCUT2D eigenvalue weighted by molar-refractivity contribution is 6.01. The molecule has 2 N–H and O–H groups in total. The average molecular weight is 345 g/mol. The molecule has 2 aromatic rings. The van der Waals surface area contributed by atoms with Crippen LogP contribution in [0.1, 0.15) is 12.5 Å². The minimum atomic E-state index is -0.330. The second-order valence-electron chi connectivity index (χ2n) is 5.16. The van der Waals surface area contributed by atoms with Crippen molar-refractivity contribution >= 4 is 17.3 Å². The molecule has 0 spiro atoms. The van der Waals surface area contributed by atoms with Gasteiger partial charge in [0.15, 0.2) is 0 Å². The van der Waals surface area contributed by atoms with E-state index < -0.39 is 0 Å². The molecule has 0 atom stereocenters. The lowest BCUT2D eigenvalue weighted by Gasteiger charge is -2.10. The number of rotatable bonds is 7. The van der Waals surface area contributed by atoms with Gasteiger partial charge in [0, 0.05) is 17.3 Å². The number of amides is 1. The maximum Gasteiger partial charge on any atom is 0.259 e. The van der Waals surface area contributed by atoms with Crippen molar-refractivity contribution in [2.45, 2.75) is 6.92 Å². The predicted octanol–water partition coefficient (Wildman–Crippen LogP) is 2.80. The number of nitrogens with one attached hydrogen (secondary N) is 2. The van der Waals surface area contributed by atoms with Crippen LogP contribution in [0.2, 0.25) is 0 Å². The zero-order valence-corrected chi connectivity index (χ0v) is 14.3. The number of benzene rings is 2. The highest BCUT2D eigenvalue weighted by Gasteiger charge is 2.09. The Morgan fingerprint density at radius 1 is 1.12 bits per heavy atom. The van der Waals surface area contributed by atoms with E-state index in [0.717, 1.165) is 5.56 Å². The van der Waals surface area contributed by atoms with Crippen LogP contribution in [0.5, 0.6) is 11.5 Å². The van der Waals surface area contributed by atoms with Crippen LogP contribution in [0.15, 0.2) is 47.6 Å². The van der Waals surface area contributed by atoms with Crippen LogP contribution in [0.4, 0.5) is 10.1 Å². The molecule has 6 nitrogen and oxygen atoms in total. The molecular weight excluding hydrogens is 325 g/mol. The van der Waals surface area contributed by atoms with Crippen molar-refractivity contribution in [2.75, 3.05) is 26.1 Å². The minimum absolute atomic E-state index is 0.0160. The van der Waals surface area contributed by atoms with Gasteiger partial charge < -0.3 is 14.8 Å². The number of carbonyl (C=O) groups is 1. The van der Waals surface area contributed by atoms with E-state index in [1.807, 2.05) is 0 Å². The fourth-order valence-corrected chi connectivity index (χ4v) is 2.09. The van der Waals surface area contributed by atoms with Gasteiger partial charge in [0.1, 0.15) is 17.3 Å². The molecule has 1 amide bonds. The summed E-state index contributed by atoms with van der Waals surface area (Å²) >= 11 is 0. The molecule has 0 saturated heterocycles. The second-order valence-corrected chi connectivity index (χ2v) is 5.16. The Bertz CT molecular complexity index is 761. The number of nitrogens with zero attached hydrogens (tertiary/aromatic N) is 1. The van der Waals surface area contributed by atoms with Gasteiger partial charge in [-0.1, -0.05) is 0 Å². The van der Waals surface area contributed by atoms with Gasteiger partial charge in [-0.15, -0.1) is 0 Å². The van der Waals surface area contributed by atoms with Gasteiger partial charge in [0.2, 0.25) is 0 Å². The fraction of sp³-hybridized carbons (Fsp3) is 0.222. The molecule has 132 valence electrons. The van der Waals surface area contributed by atoms with Crippen molar-refractivity contribution in [3.8, 4) is 11.5 Å². The van der Waals surface area contributed by atoms with Crippen LogP contribution in [0.3, 0.4) is 0 Å². The Balaban J connectivity index is 1.96. The molecule has 0 saturated carbocycles. The first kappa shape index (κ1) is 18.3. The highest BCUT2D eigenvalue weighted by atomic mass is 19.1. The maximum absolute atomic E-state index is 12.8. The van der Waals surface area contributed by atoms with Gasteiger partial charge in [-0.3, -0.25) is 4.79 Å². The zero-order valence-electron chi connectivity index (χ0n) is 14.3. The first-order valence-corrected chi connectivity index (χ1v) is 7.58. The standard InChI is InChI=1S/C18H20FN3O3/c1-12(16-9-8-15(24-2)10-17(16)25-3)21-22-18(23)11-20-14-6-4-13(19)5-7-14/h4-10,20H,11H2,1-3H3,(H,22,23)/b21-12+. The Hall–Kier alpha value is -3.09. The fourth-order valence-electron chi connectivity index (χ4n) is 2.09. The van der Waals surface area contributed by atoms with E-state index in [1.54, 1.807) is 51.5 Å². The largest absolute Gasteiger partial charge is 0.497 e. The summed E-state index contributed by atoms with van der Waals surface area (Å²) in [7, 11) is 3.13. The normalized spacial score (nSPS) is 11.0. The lowest BCUT2D eigenvalue weighted by Crippen LogP contribution is -2.26. The molecule has 0 unspecified atom stereocenters. The van der Waals surface area contributed by atoms with Gasteiger partial charge in [0.05, 0.1) is 26.5 Å². The molecule has 0 heterocycles. The van der Waals surface area contributed by atoms with Crippen molar-refractivity contribution in [1.29, 1.82) is 0 Å². The first-order valence-electron chi connectivity index (χ1n) is 7.58. The summed E-state index contributed by atoms with van der Waals surface area (Å²) in [5.41, 5.74) is 4.45. The SMILES string of the molecule is COc1ccc(/C(C)=N/NC(=O)CNc2ccc(F)cc2)c(OC)c1. The quantitative estimate of drug-likeness (QED) is 0.598. The molecule has 0 aliphatic carbocycles. The zero-order chi connectivity index (χ0) is 18.2. The Morgan fingerprint density at radius 2 is 1.84 bits per heavy atom. The van der Waals surface area contributed by atoms with E-state index in [1.165, 1.54) is 12.1 Å². The van der Waals surface area contributed by atoms with Crippen LogP contribution in [-0.2, 0) is 4.79 Å². The number of methoxy groups -OCH3 is 2. The Labute approximate surface area is 145 Å². The van der Waals surface area contributed by atoms with E-state index in [2.05, 4.69) is 15.8 Å². The van der Waals surface area contributed by atoms with E-state index in [4.69, 9.17) is 9.47 Å². The molecule has 2 aromatic carbocycles. The van der Waals surface area contributed by atoms with Gasteiger partial charge >= 0.3 is 0 Å². The van der Waals surface area contributed by atoms with Crippen molar-refractivity contribution < 1.29 is 18.7 Å². The maximum atomic E-state index is 12.8. The molecule has 2 rings (SSSR count). The van der Waals surface area contributed by atoms with Crippen molar-refractivity contribution in [2.24, 2.45) is 5.10 Å². The number of carbonyl (C=O) groups excluding carboxylic acids is 1. The monoisotopic (exact) mass is 345 g/mol. The van der Waals surface area contributed by atoms with Crippen LogP contribution in [-0.4, -0.2) is 32.4 Å². The number of anilines is 1. The molecule has 0 aromatic heterocycles. The van der Waals surface area contributed by atoms with Gasteiger partial charge in [0.25, 0.3) is 5.91 Å². The molecular formula is C18H20FN3O3. The molecule has 0 aliphatic rings. The number of hydrogen-bond acceptors (Lipinski definition) is 5. The van der Waals surface area contributed by atoms with Gasteiger partial charge in [-0.05, 0) is 43.3 Å². The van der Waals surface area contributed by atoms with Gasteiger partial charge in [-0.25, -0.2) is 9.82 Å². The summed E-state index contributed by atoms with van der Waals surface area (Å²) in [5.74, 6) is 0.611.